The van der Waals surface area contributed by atoms with Crippen molar-refractivity contribution in [1.29, 1.82) is 0 Å². The Bertz CT molecular complexity index is 1130. The molecule has 0 aliphatic carbocycles. The second-order valence-electron chi connectivity index (χ2n) is 8.51. The van der Waals surface area contributed by atoms with Crippen LogP contribution in [-0.2, 0) is 15.3 Å². The Morgan fingerprint density at radius 2 is 2.00 bits per heavy atom. The molecule has 2 aromatic rings. The predicted molar refractivity (Wildman–Crippen MR) is 135 cm³/mol. The Morgan fingerprint density at radius 3 is 2.79 bits per heavy atom. The van der Waals surface area contributed by atoms with Crippen molar-refractivity contribution in [3.63, 3.8) is 0 Å². The number of thioether (sulfide) groups is 1. The van der Waals surface area contributed by atoms with Crippen LogP contribution in [0, 0.1) is 13.8 Å². The molecule has 0 unspecified atom stereocenters. The summed E-state index contributed by atoms with van der Waals surface area (Å²) in [6, 6.07) is 13.6. The summed E-state index contributed by atoms with van der Waals surface area (Å²) in [6.45, 7) is 6.96. The molecule has 33 heavy (non-hydrogen) atoms. The van der Waals surface area contributed by atoms with Gasteiger partial charge in [0.25, 0.3) is 5.91 Å². The van der Waals surface area contributed by atoms with Gasteiger partial charge in [-0.3, -0.25) is 14.6 Å². The standard InChI is InChI=1S/C26H30N4O2S/c1-4-5-14-27-23(31)13-12-22-25(32)30-24(28-22)20-8-6-7-9-21(20)29-26(30)33-16-19-11-10-17(2)15-18(19)3/h6-11,15,22H,4-5,12-14,16H2,1-3H3,(H,27,31)/t22-/m0/s1. The summed E-state index contributed by atoms with van der Waals surface area (Å²) in [5.41, 5.74) is 5.36. The fourth-order valence-corrected chi connectivity index (χ4v) is 5.07. The van der Waals surface area contributed by atoms with E-state index in [1.165, 1.54) is 16.7 Å². The zero-order valence-corrected chi connectivity index (χ0v) is 20.2. The number of carbonyl (C=O) groups is 2. The van der Waals surface area contributed by atoms with Crippen molar-refractivity contribution in [2.24, 2.45) is 9.98 Å². The number of hydrogen-bond acceptors (Lipinski definition) is 5. The van der Waals surface area contributed by atoms with Gasteiger partial charge in [-0.05, 0) is 49.9 Å². The van der Waals surface area contributed by atoms with Crippen LogP contribution < -0.4 is 5.32 Å². The monoisotopic (exact) mass is 462 g/mol. The Morgan fingerprint density at radius 1 is 1.18 bits per heavy atom. The van der Waals surface area contributed by atoms with Gasteiger partial charge in [0.2, 0.25) is 5.91 Å². The van der Waals surface area contributed by atoms with Crippen LogP contribution >= 0.6 is 11.8 Å². The summed E-state index contributed by atoms with van der Waals surface area (Å²) in [7, 11) is 0. The van der Waals surface area contributed by atoms with Gasteiger partial charge in [-0.15, -0.1) is 0 Å². The van der Waals surface area contributed by atoms with Crippen molar-refractivity contribution < 1.29 is 9.59 Å². The number of rotatable bonds is 8. The van der Waals surface area contributed by atoms with E-state index < -0.39 is 6.04 Å². The summed E-state index contributed by atoms with van der Waals surface area (Å²) in [5.74, 6) is 1.23. The number of amides is 2. The van der Waals surface area contributed by atoms with E-state index in [-0.39, 0.29) is 18.2 Å². The highest BCUT2D eigenvalue weighted by molar-refractivity contribution is 8.13. The van der Waals surface area contributed by atoms with Crippen molar-refractivity contribution in [3.8, 4) is 0 Å². The van der Waals surface area contributed by atoms with Crippen LogP contribution in [0.1, 0.15) is 54.9 Å². The third-order valence-corrected chi connectivity index (χ3v) is 6.89. The van der Waals surface area contributed by atoms with E-state index in [1.807, 2.05) is 24.3 Å². The third-order valence-electron chi connectivity index (χ3n) is 5.90. The molecular weight excluding hydrogens is 432 g/mol. The first-order valence-corrected chi connectivity index (χ1v) is 12.5. The summed E-state index contributed by atoms with van der Waals surface area (Å²) < 4.78 is 0. The van der Waals surface area contributed by atoms with Gasteiger partial charge in [-0.25, -0.2) is 9.89 Å². The molecule has 1 N–H and O–H groups in total. The van der Waals surface area contributed by atoms with E-state index in [0.717, 1.165) is 24.1 Å². The van der Waals surface area contributed by atoms with Crippen LogP contribution in [0.3, 0.4) is 0 Å². The van der Waals surface area contributed by atoms with Crippen molar-refractivity contribution in [2.75, 3.05) is 6.54 Å². The first-order chi connectivity index (χ1) is 16.0. The van der Waals surface area contributed by atoms with Gasteiger partial charge in [-0.2, -0.15) is 0 Å². The van der Waals surface area contributed by atoms with Gasteiger partial charge in [0.1, 0.15) is 11.9 Å². The number of aryl methyl sites for hydroxylation is 2. The molecule has 6 nitrogen and oxygen atoms in total. The Kier molecular flexibility index (Phi) is 7.28. The number of unbranched alkanes of at least 4 members (excludes halogenated alkanes) is 1. The molecule has 0 spiro atoms. The number of fused-ring (bicyclic) bond motifs is 3. The Balaban J connectivity index is 1.52. The zero-order valence-electron chi connectivity index (χ0n) is 19.4. The molecule has 0 bridgehead atoms. The average molecular weight is 463 g/mol. The number of amidine groups is 2. The number of hydrogen-bond donors (Lipinski definition) is 1. The van der Waals surface area contributed by atoms with Gasteiger partial charge in [-0.1, -0.05) is 61.0 Å². The molecule has 0 saturated heterocycles. The number of carbonyl (C=O) groups excluding carboxylic acids is 2. The minimum Gasteiger partial charge on any atom is -0.356 e. The van der Waals surface area contributed by atoms with Crippen molar-refractivity contribution in [2.45, 2.75) is 58.2 Å². The van der Waals surface area contributed by atoms with Gasteiger partial charge < -0.3 is 5.32 Å². The molecule has 172 valence electrons. The largest absolute Gasteiger partial charge is 0.356 e. The number of benzene rings is 2. The minimum atomic E-state index is -0.560. The van der Waals surface area contributed by atoms with E-state index in [1.54, 1.807) is 16.7 Å². The SMILES string of the molecule is CCCCNC(=O)CC[C@@H]1N=C2c3ccccc3N=C(SCc3ccc(C)cc3C)N2C1=O. The number of nitrogens with zero attached hydrogens (tertiary/aromatic N) is 3. The van der Waals surface area contributed by atoms with E-state index in [4.69, 9.17) is 9.98 Å². The summed E-state index contributed by atoms with van der Waals surface area (Å²) in [6.07, 6.45) is 2.67. The van der Waals surface area contributed by atoms with Gasteiger partial charge in [0.15, 0.2) is 5.17 Å². The third kappa shape index (κ3) is 5.19. The topological polar surface area (TPSA) is 74.1 Å². The fraction of sp³-hybridized carbons (Fsp3) is 0.385. The molecule has 0 radical (unpaired) electrons. The molecular formula is C26H30N4O2S. The molecule has 4 rings (SSSR count). The number of aliphatic imine (C=N–C) groups is 2. The normalized spacial score (nSPS) is 16.8. The lowest BCUT2D eigenvalue weighted by Crippen LogP contribution is -2.41. The first-order valence-electron chi connectivity index (χ1n) is 11.5. The minimum absolute atomic E-state index is 0.0279. The quantitative estimate of drug-likeness (QED) is 0.568. The van der Waals surface area contributed by atoms with Crippen LogP contribution in [0.15, 0.2) is 52.4 Å². The number of nitrogens with one attached hydrogen (secondary N) is 1. The van der Waals surface area contributed by atoms with Crippen molar-refractivity contribution in [3.05, 3.63) is 64.7 Å². The highest BCUT2D eigenvalue weighted by atomic mass is 32.2. The molecule has 0 saturated carbocycles. The smallest absolute Gasteiger partial charge is 0.259 e. The summed E-state index contributed by atoms with van der Waals surface area (Å²) >= 11 is 1.55. The van der Waals surface area contributed by atoms with Gasteiger partial charge in [0, 0.05) is 24.3 Å². The maximum atomic E-state index is 13.3. The van der Waals surface area contributed by atoms with Crippen molar-refractivity contribution >= 4 is 40.3 Å². The van der Waals surface area contributed by atoms with Crippen LogP contribution in [0.5, 0.6) is 0 Å². The molecule has 2 amide bonds. The van der Waals surface area contributed by atoms with E-state index in [9.17, 15) is 9.59 Å². The lowest BCUT2D eigenvalue weighted by atomic mass is 10.1. The van der Waals surface area contributed by atoms with E-state index in [0.29, 0.717) is 29.7 Å². The van der Waals surface area contributed by atoms with E-state index >= 15 is 0 Å². The lowest BCUT2D eigenvalue weighted by Gasteiger charge is -2.25. The van der Waals surface area contributed by atoms with Gasteiger partial charge >= 0.3 is 0 Å². The maximum Gasteiger partial charge on any atom is 0.259 e. The zero-order chi connectivity index (χ0) is 23.4. The van der Waals surface area contributed by atoms with Crippen molar-refractivity contribution in [1.82, 2.24) is 10.2 Å². The molecule has 0 fully saturated rings. The molecule has 1 atom stereocenters. The second-order valence-corrected chi connectivity index (χ2v) is 9.46. The highest BCUT2D eigenvalue weighted by Crippen LogP contribution is 2.35. The molecule has 2 aromatic carbocycles. The molecule has 2 aliphatic heterocycles. The molecule has 2 aliphatic rings. The fourth-order valence-electron chi connectivity index (χ4n) is 4.00. The Labute approximate surface area is 199 Å². The molecule has 7 heteroatoms. The predicted octanol–water partition coefficient (Wildman–Crippen LogP) is 4.89. The second kappa shape index (κ2) is 10.3. The molecule has 2 heterocycles. The van der Waals surface area contributed by atoms with E-state index in [2.05, 4.69) is 44.3 Å². The highest BCUT2D eigenvalue weighted by Gasteiger charge is 2.41. The Hall–Kier alpha value is -2.93. The molecule has 0 aromatic heterocycles. The average Bonchev–Trinajstić information content (AvgIpc) is 3.14. The lowest BCUT2D eigenvalue weighted by molar-refractivity contribution is -0.125. The van der Waals surface area contributed by atoms with Gasteiger partial charge in [0.05, 0.1) is 5.69 Å². The van der Waals surface area contributed by atoms with Crippen LogP contribution in [0.25, 0.3) is 0 Å². The van der Waals surface area contributed by atoms with Crippen LogP contribution in [-0.4, -0.2) is 40.3 Å². The summed E-state index contributed by atoms with van der Waals surface area (Å²) in [4.78, 5) is 36.7. The summed E-state index contributed by atoms with van der Waals surface area (Å²) in [5, 5.41) is 3.56. The van der Waals surface area contributed by atoms with Crippen LogP contribution in [0.4, 0.5) is 5.69 Å². The number of para-hydroxylation sites is 1. The first kappa shape index (κ1) is 23.2. The maximum absolute atomic E-state index is 13.3. The van der Waals surface area contributed by atoms with Crippen LogP contribution in [0.2, 0.25) is 0 Å².